The Kier molecular flexibility index (Phi) is 3.56. The number of nitrogens with zero attached hydrogens (tertiary/aromatic N) is 4. The van der Waals surface area contributed by atoms with Crippen LogP contribution in [0.1, 0.15) is 0 Å². The number of likely N-dealkylation sites (N-methyl/N-ethyl adjacent to an activating group) is 1. The van der Waals surface area contributed by atoms with Crippen molar-refractivity contribution in [1.29, 1.82) is 0 Å². The Morgan fingerprint density at radius 3 is 2.67 bits per heavy atom. The third-order valence-electron chi connectivity index (χ3n) is 3.58. The summed E-state index contributed by atoms with van der Waals surface area (Å²) in [6.07, 6.45) is 0. The monoisotopic (exact) mass is 306 g/mol. The number of rotatable bonds is 2. The quantitative estimate of drug-likeness (QED) is 0.615. The molecule has 2 heterocycles. The molecule has 0 aliphatic carbocycles. The highest BCUT2D eigenvalue weighted by atomic mass is 32.1. The second kappa shape index (κ2) is 5.38. The zero-order chi connectivity index (χ0) is 15.0. The van der Waals surface area contributed by atoms with Crippen molar-refractivity contribution in [2.75, 3.05) is 38.1 Å². The number of hydrogen-bond acceptors (Lipinski definition) is 7. The Balaban J connectivity index is 2.01. The van der Waals surface area contributed by atoms with E-state index in [1.165, 1.54) is 23.5 Å². The molecule has 3 rings (SSSR count). The van der Waals surface area contributed by atoms with Gasteiger partial charge in [0.05, 0.1) is 10.3 Å². The average Bonchev–Trinajstić information content (AvgIpc) is 2.47. The van der Waals surface area contributed by atoms with E-state index >= 15 is 0 Å². The number of benzene rings is 1. The molecule has 1 aromatic heterocycles. The number of fused-ring (bicyclic) bond motifs is 1. The number of anilines is 1. The fraction of sp³-hybridized carbons (Fsp3) is 0.385. The standard InChI is InChI=1S/C13H14N4O3S/c1-15-4-6-16(7-5-15)13-14-12(18)10-8-9(17(19)20)2-3-11(10)21-13/h2-3,8H,4-7H2,1H3. The summed E-state index contributed by atoms with van der Waals surface area (Å²) in [5, 5.41) is 11.8. The van der Waals surface area contributed by atoms with Gasteiger partial charge in [-0.25, -0.2) is 0 Å². The molecular formula is C13H14N4O3S. The van der Waals surface area contributed by atoms with Gasteiger partial charge in [0.2, 0.25) is 0 Å². The van der Waals surface area contributed by atoms with E-state index in [9.17, 15) is 14.9 Å². The Labute approximate surface area is 124 Å². The highest BCUT2D eigenvalue weighted by Gasteiger charge is 2.18. The van der Waals surface area contributed by atoms with Gasteiger partial charge < -0.3 is 9.80 Å². The molecule has 7 nitrogen and oxygen atoms in total. The van der Waals surface area contributed by atoms with Crippen molar-refractivity contribution >= 4 is 32.2 Å². The number of piperazine rings is 1. The number of non-ortho nitro benzene ring substituents is 1. The van der Waals surface area contributed by atoms with Crippen molar-refractivity contribution in [2.24, 2.45) is 0 Å². The van der Waals surface area contributed by atoms with Crippen LogP contribution in [-0.2, 0) is 0 Å². The summed E-state index contributed by atoms with van der Waals surface area (Å²) in [4.78, 5) is 30.8. The lowest BCUT2D eigenvalue weighted by atomic mass is 10.2. The minimum atomic E-state index is -0.502. The zero-order valence-electron chi connectivity index (χ0n) is 11.5. The van der Waals surface area contributed by atoms with Crippen LogP contribution in [0.3, 0.4) is 0 Å². The van der Waals surface area contributed by atoms with Gasteiger partial charge in [0.25, 0.3) is 11.2 Å². The van der Waals surface area contributed by atoms with Crippen LogP contribution in [0.25, 0.3) is 10.1 Å². The molecule has 0 amide bonds. The first-order valence-electron chi connectivity index (χ1n) is 6.57. The van der Waals surface area contributed by atoms with Crippen LogP contribution in [0.2, 0.25) is 0 Å². The predicted molar refractivity (Wildman–Crippen MR) is 82.3 cm³/mol. The first kappa shape index (κ1) is 13.9. The van der Waals surface area contributed by atoms with Crippen molar-refractivity contribution in [1.82, 2.24) is 9.88 Å². The van der Waals surface area contributed by atoms with Crippen LogP contribution in [0, 0.1) is 10.1 Å². The van der Waals surface area contributed by atoms with Crippen molar-refractivity contribution in [2.45, 2.75) is 0 Å². The highest BCUT2D eigenvalue weighted by Crippen LogP contribution is 2.27. The zero-order valence-corrected chi connectivity index (χ0v) is 12.3. The van der Waals surface area contributed by atoms with Gasteiger partial charge in [-0.2, -0.15) is 4.98 Å². The number of nitro groups is 1. The van der Waals surface area contributed by atoms with Crippen LogP contribution < -0.4 is 10.5 Å². The SMILES string of the molecule is CN1CCN(c2nc(=O)c3cc([N+](=O)[O-])ccc3s2)CC1. The molecule has 0 radical (unpaired) electrons. The molecule has 0 spiro atoms. The van der Waals surface area contributed by atoms with Crippen molar-refractivity contribution in [3.8, 4) is 0 Å². The molecular weight excluding hydrogens is 292 g/mol. The van der Waals surface area contributed by atoms with Gasteiger partial charge in [-0.3, -0.25) is 14.9 Å². The first-order valence-corrected chi connectivity index (χ1v) is 7.39. The van der Waals surface area contributed by atoms with Gasteiger partial charge in [-0.1, -0.05) is 11.3 Å². The molecule has 1 aliphatic rings. The van der Waals surface area contributed by atoms with Crippen LogP contribution in [0.15, 0.2) is 23.0 Å². The second-order valence-electron chi connectivity index (χ2n) is 5.03. The molecule has 21 heavy (non-hydrogen) atoms. The van der Waals surface area contributed by atoms with Gasteiger partial charge in [0.1, 0.15) is 0 Å². The topological polar surface area (TPSA) is 79.6 Å². The van der Waals surface area contributed by atoms with Gasteiger partial charge in [-0.15, -0.1) is 0 Å². The number of aromatic nitrogens is 1. The summed E-state index contributed by atoms with van der Waals surface area (Å²) in [5.41, 5.74) is -0.484. The Morgan fingerprint density at radius 1 is 1.29 bits per heavy atom. The molecule has 1 aliphatic heterocycles. The lowest BCUT2D eigenvalue weighted by Crippen LogP contribution is -2.44. The molecule has 0 bridgehead atoms. The van der Waals surface area contributed by atoms with Crippen molar-refractivity contribution in [3.05, 3.63) is 38.7 Å². The Hall–Kier alpha value is -2.06. The van der Waals surface area contributed by atoms with E-state index in [2.05, 4.69) is 21.8 Å². The summed E-state index contributed by atoms with van der Waals surface area (Å²) in [5.74, 6) is 0. The van der Waals surface area contributed by atoms with E-state index in [0.717, 1.165) is 30.9 Å². The van der Waals surface area contributed by atoms with E-state index in [-0.39, 0.29) is 5.69 Å². The third kappa shape index (κ3) is 2.72. The molecule has 2 aromatic rings. The maximum absolute atomic E-state index is 12.1. The molecule has 1 fully saturated rings. The fourth-order valence-corrected chi connectivity index (χ4v) is 3.32. The smallest absolute Gasteiger partial charge is 0.281 e. The van der Waals surface area contributed by atoms with Gasteiger partial charge in [0, 0.05) is 43.0 Å². The number of nitro benzene ring substituents is 1. The molecule has 1 aromatic carbocycles. The highest BCUT2D eigenvalue weighted by molar-refractivity contribution is 7.21. The van der Waals surface area contributed by atoms with E-state index in [4.69, 9.17) is 0 Å². The molecule has 0 unspecified atom stereocenters. The van der Waals surface area contributed by atoms with E-state index in [0.29, 0.717) is 10.5 Å². The summed E-state index contributed by atoms with van der Waals surface area (Å²) < 4.78 is 0.731. The largest absolute Gasteiger partial charge is 0.345 e. The van der Waals surface area contributed by atoms with E-state index in [1.807, 2.05) is 0 Å². The fourth-order valence-electron chi connectivity index (χ4n) is 2.29. The average molecular weight is 306 g/mol. The molecule has 1 saturated heterocycles. The molecule has 110 valence electrons. The van der Waals surface area contributed by atoms with Crippen molar-refractivity contribution < 1.29 is 4.92 Å². The molecule has 0 N–H and O–H groups in total. The van der Waals surface area contributed by atoms with Gasteiger partial charge >= 0.3 is 0 Å². The van der Waals surface area contributed by atoms with E-state index < -0.39 is 10.5 Å². The predicted octanol–water partition coefficient (Wildman–Crippen LogP) is 1.32. The van der Waals surface area contributed by atoms with Gasteiger partial charge in [-0.05, 0) is 13.1 Å². The Bertz CT molecular complexity index is 753. The lowest BCUT2D eigenvalue weighted by Gasteiger charge is -2.32. The van der Waals surface area contributed by atoms with Crippen LogP contribution >= 0.6 is 11.3 Å². The van der Waals surface area contributed by atoms with Crippen LogP contribution in [0.4, 0.5) is 10.8 Å². The van der Waals surface area contributed by atoms with Crippen molar-refractivity contribution in [3.63, 3.8) is 0 Å². The molecule has 0 saturated carbocycles. The minimum absolute atomic E-state index is 0.0825. The van der Waals surface area contributed by atoms with Crippen LogP contribution in [-0.4, -0.2) is 48.0 Å². The summed E-state index contributed by atoms with van der Waals surface area (Å²) in [7, 11) is 2.06. The summed E-state index contributed by atoms with van der Waals surface area (Å²) >= 11 is 1.40. The lowest BCUT2D eigenvalue weighted by molar-refractivity contribution is -0.384. The molecule has 8 heteroatoms. The number of hydrogen-bond donors (Lipinski definition) is 0. The second-order valence-corrected chi connectivity index (χ2v) is 6.04. The Morgan fingerprint density at radius 2 is 2.00 bits per heavy atom. The van der Waals surface area contributed by atoms with E-state index in [1.54, 1.807) is 6.07 Å². The van der Waals surface area contributed by atoms with Crippen LogP contribution in [0.5, 0.6) is 0 Å². The first-order chi connectivity index (χ1) is 10.0. The summed E-state index contributed by atoms with van der Waals surface area (Å²) in [6.45, 7) is 3.53. The van der Waals surface area contributed by atoms with Gasteiger partial charge in [0.15, 0.2) is 5.13 Å². The maximum atomic E-state index is 12.1. The molecule has 0 atom stereocenters. The third-order valence-corrected chi connectivity index (χ3v) is 4.68. The normalized spacial score (nSPS) is 16.3. The minimum Gasteiger partial charge on any atom is -0.345 e. The summed E-state index contributed by atoms with van der Waals surface area (Å²) in [6, 6.07) is 4.35. The maximum Gasteiger partial charge on any atom is 0.281 e.